The van der Waals surface area contributed by atoms with Crippen LogP contribution in [0.4, 0.5) is 0 Å². The van der Waals surface area contributed by atoms with Gasteiger partial charge in [-0.1, -0.05) is 88.7 Å². The Morgan fingerprint density at radius 2 is 0.792 bits per heavy atom. The second-order valence-electron chi connectivity index (χ2n) is 9.79. The van der Waals surface area contributed by atoms with Gasteiger partial charge in [0.05, 0.1) is 33.7 Å². The largest absolute Gasteiger partial charge is 0.452 e. The zero-order chi connectivity index (χ0) is 34.9. The summed E-state index contributed by atoms with van der Waals surface area (Å²) < 4.78 is 29.2. The van der Waals surface area contributed by atoms with E-state index < -0.39 is 54.6 Å². The van der Waals surface area contributed by atoms with Crippen LogP contribution in [0, 0.1) is 0 Å². The van der Waals surface area contributed by atoms with E-state index in [2.05, 4.69) is 15.9 Å². The van der Waals surface area contributed by atoms with Gasteiger partial charge >= 0.3 is 23.9 Å². The van der Waals surface area contributed by atoms with Crippen LogP contribution in [-0.2, 0) is 23.7 Å². The van der Waals surface area contributed by atoms with E-state index in [1.165, 1.54) is 12.1 Å². The Balaban J connectivity index is 0.00000118. The SMILES string of the molecule is CBr.CC1OC(OC(=O)c2ccccc2)C(OC(=O)c2ccccc2)[C@@H](OC(=O)c2ccccc2)[C@@H]1OC(=O)c1ccccc1.ClCCl. The maximum atomic E-state index is 13.3. The number of carbonyl (C=O) groups excluding carboxylic acids is 4. The summed E-state index contributed by atoms with van der Waals surface area (Å²) in [6.45, 7) is 1.57. The van der Waals surface area contributed by atoms with E-state index in [9.17, 15) is 19.2 Å². The van der Waals surface area contributed by atoms with Crippen LogP contribution in [0.25, 0.3) is 0 Å². The fourth-order valence-electron chi connectivity index (χ4n) is 4.54. The number of hydrogen-bond acceptors (Lipinski definition) is 9. The van der Waals surface area contributed by atoms with Crippen molar-refractivity contribution in [2.75, 3.05) is 11.2 Å². The second-order valence-corrected chi connectivity index (χ2v) is 10.6. The Morgan fingerprint density at radius 3 is 1.12 bits per heavy atom. The molecular formula is C36H33BrCl2O9. The third-order valence-corrected chi connectivity index (χ3v) is 6.72. The van der Waals surface area contributed by atoms with E-state index >= 15 is 0 Å². The molecule has 252 valence electrons. The van der Waals surface area contributed by atoms with Crippen molar-refractivity contribution in [1.29, 1.82) is 0 Å². The van der Waals surface area contributed by atoms with Crippen molar-refractivity contribution in [3.8, 4) is 0 Å². The molecule has 1 heterocycles. The number of hydrogen-bond donors (Lipinski definition) is 0. The first-order chi connectivity index (χ1) is 23.3. The highest BCUT2D eigenvalue weighted by atomic mass is 79.9. The summed E-state index contributed by atoms with van der Waals surface area (Å²) in [5.74, 6) is -1.22. The molecule has 0 radical (unpaired) electrons. The predicted molar refractivity (Wildman–Crippen MR) is 185 cm³/mol. The van der Waals surface area contributed by atoms with Crippen LogP contribution < -0.4 is 0 Å². The van der Waals surface area contributed by atoms with Crippen molar-refractivity contribution in [2.45, 2.75) is 37.6 Å². The summed E-state index contributed by atoms with van der Waals surface area (Å²) in [6, 6.07) is 32.7. The van der Waals surface area contributed by atoms with Gasteiger partial charge in [0, 0.05) is 0 Å². The fourth-order valence-corrected chi connectivity index (χ4v) is 4.54. The number of rotatable bonds is 8. The highest BCUT2D eigenvalue weighted by Crippen LogP contribution is 2.31. The van der Waals surface area contributed by atoms with Crippen molar-refractivity contribution in [2.24, 2.45) is 0 Å². The number of esters is 4. The molecule has 5 rings (SSSR count). The minimum Gasteiger partial charge on any atom is -0.452 e. The first-order valence-corrected chi connectivity index (χ1v) is 17.2. The van der Waals surface area contributed by atoms with E-state index in [0.29, 0.717) is 0 Å². The summed E-state index contributed by atoms with van der Waals surface area (Å²) in [5, 5.41) is 0.194. The minimum atomic E-state index is -1.52. The summed E-state index contributed by atoms with van der Waals surface area (Å²) in [6.07, 6.45) is -6.67. The van der Waals surface area contributed by atoms with Gasteiger partial charge in [-0.25, -0.2) is 19.2 Å². The molecule has 5 atom stereocenters. The molecule has 48 heavy (non-hydrogen) atoms. The molecule has 0 spiro atoms. The van der Waals surface area contributed by atoms with Crippen molar-refractivity contribution >= 4 is 63.0 Å². The summed E-state index contributed by atoms with van der Waals surface area (Å²) in [4.78, 5) is 52.8. The lowest BCUT2D eigenvalue weighted by Crippen LogP contribution is -2.61. The van der Waals surface area contributed by atoms with Crippen LogP contribution in [0.15, 0.2) is 121 Å². The number of halogens is 3. The topological polar surface area (TPSA) is 114 Å². The maximum Gasteiger partial charge on any atom is 0.340 e. The Kier molecular flexibility index (Phi) is 16.1. The van der Waals surface area contributed by atoms with Gasteiger partial charge in [-0.2, -0.15) is 0 Å². The van der Waals surface area contributed by atoms with Gasteiger partial charge in [-0.3, -0.25) is 0 Å². The van der Waals surface area contributed by atoms with Crippen molar-refractivity contribution in [3.63, 3.8) is 0 Å². The van der Waals surface area contributed by atoms with Gasteiger partial charge in [-0.05, 0) is 61.3 Å². The van der Waals surface area contributed by atoms with Gasteiger partial charge in [-0.15, -0.1) is 23.2 Å². The van der Waals surface area contributed by atoms with Crippen molar-refractivity contribution in [1.82, 2.24) is 0 Å². The van der Waals surface area contributed by atoms with Crippen LogP contribution in [0.2, 0.25) is 0 Å². The molecule has 12 heteroatoms. The zero-order valence-corrected chi connectivity index (χ0v) is 29.0. The van der Waals surface area contributed by atoms with Gasteiger partial charge in [0.25, 0.3) is 0 Å². The lowest BCUT2D eigenvalue weighted by atomic mass is 9.98. The molecule has 1 fully saturated rings. The Bertz CT molecular complexity index is 1580. The molecule has 1 aliphatic heterocycles. The molecule has 1 saturated heterocycles. The Labute approximate surface area is 297 Å². The van der Waals surface area contributed by atoms with Crippen LogP contribution in [0.1, 0.15) is 48.4 Å². The Morgan fingerprint density at radius 1 is 0.521 bits per heavy atom. The minimum absolute atomic E-state index is 0.194. The molecule has 0 aromatic heterocycles. The normalized spacial score (nSPS) is 19.5. The molecule has 9 nitrogen and oxygen atoms in total. The van der Waals surface area contributed by atoms with E-state index in [1.807, 2.05) is 5.83 Å². The monoisotopic (exact) mass is 758 g/mol. The molecule has 0 saturated carbocycles. The fraction of sp³-hybridized carbons (Fsp3) is 0.222. The van der Waals surface area contributed by atoms with Gasteiger partial charge in [0.15, 0.2) is 12.2 Å². The maximum absolute atomic E-state index is 13.3. The lowest BCUT2D eigenvalue weighted by Gasteiger charge is -2.43. The zero-order valence-electron chi connectivity index (χ0n) is 25.9. The number of carbonyl (C=O) groups is 4. The van der Waals surface area contributed by atoms with Gasteiger partial charge in [0.1, 0.15) is 0 Å². The third-order valence-electron chi connectivity index (χ3n) is 6.72. The molecule has 0 amide bonds. The lowest BCUT2D eigenvalue weighted by molar-refractivity contribution is -0.274. The summed E-state index contributed by atoms with van der Waals surface area (Å²) in [7, 11) is 0. The quantitative estimate of drug-likeness (QED) is 0.101. The van der Waals surface area contributed by atoms with E-state index in [1.54, 1.807) is 116 Å². The Hall–Kier alpha value is -4.22. The van der Waals surface area contributed by atoms with Crippen LogP contribution in [-0.4, -0.2) is 65.8 Å². The summed E-state index contributed by atoms with van der Waals surface area (Å²) in [5.41, 5.74) is 0.876. The van der Waals surface area contributed by atoms with E-state index in [-0.39, 0.29) is 27.6 Å². The summed E-state index contributed by atoms with van der Waals surface area (Å²) >= 11 is 12.5. The van der Waals surface area contributed by atoms with Gasteiger partial charge in [0.2, 0.25) is 12.4 Å². The van der Waals surface area contributed by atoms with Crippen LogP contribution in [0.3, 0.4) is 0 Å². The molecule has 4 aromatic carbocycles. The predicted octanol–water partition coefficient (Wildman–Crippen LogP) is 7.70. The standard InChI is InChI=1S/C34H28O9.CH3Br.CH2Cl2/c1-22-27(40-30(35)23-14-6-2-7-15-23)28(41-31(36)24-16-8-3-9-17-24)29(42-32(37)25-18-10-4-11-19-25)34(39-22)43-33(38)26-20-12-5-13-21-26;1-2;2-1-3/h2-22,27-29,34H,1H3;1H3;1H2/t22?,27-,28+,29?,34?;;/m1../s1. The number of benzene rings is 4. The molecule has 3 unspecified atom stereocenters. The van der Waals surface area contributed by atoms with E-state index in [4.69, 9.17) is 46.9 Å². The number of alkyl halides is 3. The molecule has 0 bridgehead atoms. The van der Waals surface area contributed by atoms with Gasteiger partial charge < -0.3 is 23.7 Å². The molecule has 4 aromatic rings. The van der Waals surface area contributed by atoms with Crippen molar-refractivity contribution < 1.29 is 42.9 Å². The van der Waals surface area contributed by atoms with Crippen LogP contribution >= 0.6 is 39.1 Å². The molecule has 0 aliphatic carbocycles. The number of ether oxygens (including phenoxy) is 5. The highest BCUT2D eigenvalue weighted by molar-refractivity contribution is 9.08. The smallest absolute Gasteiger partial charge is 0.340 e. The van der Waals surface area contributed by atoms with E-state index in [0.717, 1.165) is 0 Å². The third kappa shape index (κ3) is 10.9. The highest BCUT2D eigenvalue weighted by Gasteiger charge is 2.53. The molecule has 1 aliphatic rings. The first-order valence-electron chi connectivity index (χ1n) is 14.5. The first kappa shape index (κ1) is 38.2. The molecule has 0 N–H and O–H groups in total. The average molecular weight is 760 g/mol. The second kappa shape index (κ2) is 20.2. The van der Waals surface area contributed by atoms with Crippen molar-refractivity contribution in [3.05, 3.63) is 144 Å². The average Bonchev–Trinajstić information content (AvgIpc) is 3.13. The van der Waals surface area contributed by atoms with Crippen LogP contribution in [0.5, 0.6) is 0 Å². The molecular weight excluding hydrogens is 727 g/mol.